The molecule has 8 heteroatoms. The molecule has 1 aliphatic carbocycles. The molecule has 2 rings (SSSR count). The van der Waals surface area contributed by atoms with Gasteiger partial charge in [0.1, 0.15) is 5.60 Å². The van der Waals surface area contributed by atoms with E-state index >= 15 is 0 Å². The third-order valence-electron chi connectivity index (χ3n) is 5.11. The van der Waals surface area contributed by atoms with Crippen LogP contribution in [0, 0.1) is 5.92 Å². The molecule has 0 bridgehead atoms. The van der Waals surface area contributed by atoms with Gasteiger partial charge in [0.25, 0.3) is 0 Å². The van der Waals surface area contributed by atoms with E-state index in [1.54, 1.807) is 23.9 Å². The number of thioether (sulfide) groups is 1. The van der Waals surface area contributed by atoms with E-state index in [9.17, 15) is 13.2 Å². The topological polar surface area (TPSA) is 84.5 Å². The Morgan fingerprint density at radius 2 is 1.83 bits per heavy atom. The van der Waals surface area contributed by atoms with Crippen LogP contribution in [0.25, 0.3) is 0 Å². The SMILES string of the molecule is CSc1ccc(S(=O)(=O)CC2CC(NC(C)C)CCC2NC(=O)OC(C)(C)C)cc1. The Balaban J connectivity index is 2.17. The van der Waals surface area contributed by atoms with Crippen LogP contribution in [0.2, 0.25) is 0 Å². The lowest BCUT2D eigenvalue weighted by Gasteiger charge is -2.37. The van der Waals surface area contributed by atoms with E-state index in [1.807, 2.05) is 39.2 Å². The summed E-state index contributed by atoms with van der Waals surface area (Å²) < 4.78 is 31.6. The third-order valence-corrected chi connectivity index (χ3v) is 7.71. The largest absolute Gasteiger partial charge is 0.444 e. The van der Waals surface area contributed by atoms with E-state index in [0.717, 1.165) is 17.7 Å². The fourth-order valence-electron chi connectivity index (χ4n) is 3.88. The Kier molecular flexibility index (Phi) is 8.65. The highest BCUT2D eigenvalue weighted by atomic mass is 32.2. The van der Waals surface area contributed by atoms with Crippen LogP contribution >= 0.6 is 11.8 Å². The summed E-state index contributed by atoms with van der Waals surface area (Å²) in [7, 11) is -3.47. The van der Waals surface area contributed by atoms with Gasteiger partial charge >= 0.3 is 6.09 Å². The zero-order valence-electron chi connectivity index (χ0n) is 18.9. The van der Waals surface area contributed by atoms with Crippen molar-refractivity contribution in [3.8, 4) is 0 Å². The van der Waals surface area contributed by atoms with Gasteiger partial charge in [-0.3, -0.25) is 0 Å². The molecule has 1 saturated carbocycles. The van der Waals surface area contributed by atoms with Crippen molar-refractivity contribution >= 4 is 27.7 Å². The summed E-state index contributed by atoms with van der Waals surface area (Å²) in [6.07, 6.45) is 3.77. The van der Waals surface area contributed by atoms with E-state index in [4.69, 9.17) is 4.74 Å². The van der Waals surface area contributed by atoms with Gasteiger partial charge in [-0.2, -0.15) is 0 Å². The van der Waals surface area contributed by atoms with Crippen LogP contribution in [0.4, 0.5) is 4.79 Å². The van der Waals surface area contributed by atoms with Crippen molar-refractivity contribution < 1.29 is 17.9 Å². The van der Waals surface area contributed by atoms with E-state index in [-0.39, 0.29) is 23.8 Å². The molecular weight excluding hydrogens is 420 g/mol. The lowest BCUT2D eigenvalue weighted by atomic mass is 9.82. The van der Waals surface area contributed by atoms with Crippen LogP contribution in [0.3, 0.4) is 0 Å². The normalized spacial score (nSPS) is 22.7. The summed E-state index contributed by atoms with van der Waals surface area (Å²) in [4.78, 5) is 13.7. The Morgan fingerprint density at radius 3 is 2.37 bits per heavy atom. The number of rotatable bonds is 7. The van der Waals surface area contributed by atoms with E-state index < -0.39 is 21.5 Å². The first-order chi connectivity index (χ1) is 13.9. The highest BCUT2D eigenvalue weighted by Gasteiger charge is 2.36. The number of carbonyl (C=O) groups excluding carboxylic acids is 1. The summed E-state index contributed by atoms with van der Waals surface area (Å²) in [5.41, 5.74) is -0.596. The van der Waals surface area contributed by atoms with Crippen molar-refractivity contribution in [1.82, 2.24) is 10.6 Å². The molecule has 3 unspecified atom stereocenters. The predicted octanol–water partition coefficient (Wildman–Crippen LogP) is 4.24. The molecule has 0 spiro atoms. The lowest BCUT2D eigenvalue weighted by Crippen LogP contribution is -2.51. The van der Waals surface area contributed by atoms with Crippen molar-refractivity contribution in [3.05, 3.63) is 24.3 Å². The number of benzene rings is 1. The second kappa shape index (κ2) is 10.4. The van der Waals surface area contributed by atoms with Crippen molar-refractivity contribution in [2.24, 2.45) is 5.92 Å². The summed E-state index contributed by atoms with van der Waals surface area (Å²) in [6.45, 7) is 9.62. The molecule has 1 aliphatic rings. The first kappa shape index (κ1) is 25.0. The number of nitrogens with one attached hydrogen (secondary N) is 2. The summed E-state index contributed by atoms with van der Waals surface area (Å²) >= 11 is 1.58. The smallest absolute Gasteiger partial charge is 0.407 e. The van der Waals surface area contributed by atoms with Gasteiger partial charge in [0.2, 0.25) is 0 Å². The summed E-state index contributed by atoms with van der Waals surface area (Å²) in [5, 5.41) is 6.46. The monoisotopic (exact) mass is 456 g/mol. The van der Waals surface area contributed by atoms with Gasteiger partial charge in [-0.1, -0.05) is 13.8 Å². The molecule has 6 nitrogen and oxygen atoms in total. The zero-order chi connectivity index (χ0) is 22.5. The molecule has 3 atom stereocenters. The minimum absolute atomic E-state index is 0.00234. The quantitative estimate of drug-likeness (QED) is 0.597. The summed E-state index contributed by atoms with van der Waals surface area (Å²) in [6, 6.07) is 7.33. The van der Waals surface area contributed by atoms with Crippen LogP contribution in [0.5, 0.6) is 0 Å². The van der Waals surface area contributed by atoms with Crippen LogP contribution in [0.15, 0.2) is 34.1 Å². The molecule has 0 radical (unpaired) electrons. The van der Waals surface area contributed by atoms with E-state index in [0.29, 0.717) is 17.4 Å². The molecular formula is C22H36N2O4S2. The predicted molar refractivity (Wildman–Crippen MR) is 123 cm³/mol. The van der Waals surface area contributed by atoms with E-state index in [2.05, 4.69) is 24.5 Å². The van der Waals surface area contributed by atoms with Crippen molar-refractivity contribution in [3.63, 3.8) is 0 Å². The molecule has 1 aromatic rings. The molecule has 170 valence electrons. The molecule has 1 fully saturated rings. The second-order valence-electron chi connectivity index (χ2n) is 9.30. The molecule has 30 heavy (non-hydrogen) atoms. The number of carbonyl (C=O) groups is 1. The molecule has 0 heterocycles. The highest BCUT2D eigenvalue weighted by Crippen LogP contribution is 2.29. The molecule has 0 aliphatic heterocycles. The van der Waals surface area contributed by atoms with Crippen LogP contribution in [0.1, 0.15) is 53.9 Å². The summed E-state index contributed by atoms with van der Waals surface area (Å²) in [5.74, 6) is -0.185. The highest BCUT2D eigenvalue weighted by molar-refractivity contribution is 7.98. The second-order valence-corrected chi connectivity index (χ2v) is 12.2. The standard InChI is InChI=1S/C22H36N2O4S2/c1-15(2)23-17-7-12-20(24-21(25)28-22(3,4)5)16(13-17)14-30(26,27)19-10-8-18(29-6)9-11-19/h8-11,15-17,20,23H,7,12-14H2,1-6H3,(H,24,25). The van der Waals surface area contributed by atoms with Gasteiger partial charge in [0, 0.05) is 23.0 Å². The van der Waals surface area contributed by atoms with Crippen LogP contribution in [-0.4, -0.2) is 50.2 Å². The van der Waals surface area contributed by atoms with Gasteiger partial charge in [0.15, 0.2) is 9.84 Å². The Labute approximate surface area is 185 Å². The van der Waals surface area contributed by atoms with Gasteiger partial charge in [0.05, 0.1) is 10.6 Å². The van der Waals surface area contributed by atoms with Gasteiger partial charge < -0.3 is 15.4 Å². The third kappa shape index (κ3) is 7.78. The molecule has 2 N–H and O–H groups in total. The Bertz CT molecular complexity index is 801. The van der Waals surface area contributed by atoms with Crippen LogP contribution in [-0.2, 0) is 14.6 Å². The number of ether oxygens (including phenoxy) is 1. The van der Waals surface area contributed by atoms with Crippen molar-refractivity contribution in [1.29, 1.82) is 0 Å². The van der Waals surface area contributed by atoms with Gasteiger partial charge in [-0.25, -0.2) is 13.2 Å². The first-order valence-corrected chi connectivity index (χ1v) is 13.4. The van der Waals surface area contributed by atoms with E-state index in [1.165, 1.54) is 0 Å². The fraction of sp³-hybridized carbons (Fsp3) is 0.682. The number of alkyl carbamates (subject to hydrolysis) is 1. The van der Waals surface area contributed by atoms with Gasteiger partial charge in [-0.05, 0) is 76.5 Å². The zero-order valence-corrected chi connectivity index (χ0v) is 20.5. The maximum atomic E-state index is 13.1. The number of sulfone groups is 1. The average Bonchev–Trinajstić information content (AvgIpc) is 2.61. The van der Waals surface area contributed by atoms with Crippen molar-refractivity contribution in [2.45, 2.75) is 87.4 Å². The molecule has 1 aromatic carbocycles. The first-order valence-electron chi connectivity index (χ1n) is 10.5. The molecule has 0 saturated heterocycles. The lowest BCUT2D eigenvalue weighted by molar-refractivity contribution is 0.0466. The molecule has 0 aromatic heterocycles. The number of hydrogen-bond donors (Lipinski definition) is 2. The minimum Gasteiger partial charge on any atom is -0.444 e. The number of hydrogen-bond acceptors (Lipinski definition) is 6. The van der Waals surface area contributed by atoms with Crippen LogP contribution < -0.4 is 10.6 Å². The average molecular weight is 457 g/mol. The van der Waals surface area contributed by atoms with Crippen molar-refractivity contribution in [2.75, 3.05) is 12.0 Å². The fourth-order valence-corrected chi connectivity index (χ4v) is 5.96. The minimum atomic E-state index is -3.47. The Hall–Kier alpha value is -1.25. The maximum Gasteiger partial charge on any atom is 0.407 e. The maximum absolute atomic E-state index is 13.1. The number of amides is 1. The van der Waals surface area contributed by atoms with Gasteiger partial charge in [-0.15, -0.1) is 11.8 Å². The Morgan fingerprint density at radius 1 is 1.20 bits per heavy atom. The molecule has 1 amide bonds.